The number of nitrogens with two attached hydrogens (primary N) is 1. The van der Waals surface area contributed by atoms with Crippen LogP contribution in [0, 0.1) is 0 Å². The van der Waals surface area contributed by atoms with Crippen molar-refractivity contribution in [3.63, 3.8) is 0 Å². The minimum absolute atomic E-state index is 0.374. The first-order valence-electron chi connectivity index (χ1n) is 4.08. The predicted molar refractivity (Wildman–Crippen MR) is 46.6 cm³/mol. The summed E-state index contributed by atoms with van der Waals surface area (Å²) in [6.07, 6.45) is 3.75. The van der Waals surface area contributed by atoms with Crippen LogP contribution >= 0.6 is 0 Å². The average molecular weight is 169 g/mol. The predicted octanol–water partition coefficient (Wildman–Crippen LogP) is 1.44. The van der Waals surface area contributed by atoms with Crippen molar-refractivity contribution in [2.75, 3.05) is 0 Å². The molecule has 2 atom stereocenters. The van der Waals surface area contributed by atoms with Gasteiger partial charge in [-0.15, -0.1) is 0 Å². The summed E-state index contributed by atoms with van der Waals surface area (Å²) in [6, 6.07) is 1.40. The molecule has 0 saturated carbocycles. The maximum Gasteiger partial charge on any atom is 0.0951 e. The van der Waals surface area contributed by atoms with Gasteiger partial charge in [-0.3, -0.25) is 0 Å². The maximum absolute atomic E-state index is 9.80. The molecule has 12 heavy (non-hydrogen) atoms. The fourth-order valence-corrected chi connectivity index (χ4v) is 1.03. The van der Waals surface area contributed by atoms with E-state index in [1.165, 1.54) is 0 Å². The third kappa shape index (κ3) is 1.68. The van der Waals surface area contributed by atoms with Crippen LogP contribution in [0.25, 0.3) is 0 Å². The lowest BCUT2D eigenvalue weighted by Gasteiger charge is -2.27. The van der Waals surface area contributed by atoms with Crippen LogP contribution in [0.15, 0.2) is 23.0 Å². The molecule has 0 radical (unpaired) electrons. The van der Waals surface area contributed by atoms with E-state index >= 15 is 0 Å². The van der Waals surface area contributed by atoms with E-state index in [4.69, 9.17) is 10.2 Å². The SMILES string of the molecule is CCC(C)(O)C(N)c1ccoc1. The Morgan fingerprint density at radius 3 is 2.83 bits per heavy atom. The number of rotatable bonds is 3. The van der Waals surface area contributed by atoms with E-state index in [-0.39, 0.29) is 6.04 Å². The van der Waals surface area contributed by atoms with Crippen molar-refractivity contribution in [1.29, 1.82) is 0 Å². The molecule has 1 heterocycles. The number of furan rings is 1. The van der Waals surface area contributed by atoms with E-state index in [1.54, 1.807) is 25.5 Å². The van der Waals surface area contributed by atoms with Gasteiger partial charge in [0, 0.05) is 5.56 Å². The lowest BCUT2D eigenvalue weighted by molar-refractivity contribution is 0.0282. The molecule has 0 aromatic carbocycles. The van der Waals surface area contributed by atoms with Gasteiger partial charge in [0.2, 0.25) is 0 Å². The number of hydrogen-bond acceptors (Lipinski definition) is 3. The van der Waals surface area contributed by atoms with Gasteiger partial charge in [0.25, 0.3) is 0 Å². The molecule has 0 fully saturated rings. The largest absolute Gasteiger partial charge is 0.472 e. The summed E-state index contributed by atoms with van der Waals surface area (Å²) in [5.74, 6) is 0. The van der Waals surface area contributed by atoms with Crippen molar-refractivity contribution in [3.05, 3.63) is 24.2 Å². The first-order valence-corrected chi connectivity index (χ1v) is 4.08. The third-order valence-corrected chi connectivity index (χ3v) is 2.29. The Bertz CT molecular complexity index is 229. The minimum Gasteiger partial charge on any atom is -0.472 e. The zero-order chi connectivity index (χ0) is 9.19. The zero-order valence-corrected chi connectivity index (χ0v) is 7.45. The van der Waals surface area contributed by atoms with Crippen LogP contribution in [0.1, 0.15) is 31.9 Å². The van der Waals surface area contributed by atoms with E-state index in [2.05, 4.69) is 0 Å². The molecule has 0 bridgehead atoms. The molecular formula is C9H15NO2. The molecule has 3 nitrogen and oxygen atoms in total. The molecule has 0 spiro atoms. The number of hydrogen-bond donors (Lipinski definition) is 2. The van der Waals surface area contributed by atoms with Crippen LogP contribution in [0.5, 0.6) is 0 Å². The Morgan fingerprint density at radius 1 is 1.75 bits per heavy atom. The van der Waals surface area contributed by atoms with Gasteiger partial charge < -0.3 is 15.3 Å². The Hall–Kier alpha value is -0.800. The molecule has 3 heteroatoms. The highest BCUT2D eigenvalue weighted by Gasteiger charge is 2.28. The van der Waals surface area contributed by atoms with Gasteiger partial charge in [0.05, 0.1) is 24.2 Å². The molecule has 0 aliphatic heterocycles. The fraction of sp³-hybridized carbons (Fsp3) is 0.556. The van der Waals surface area contributed by atoms with Crippen LogP contribution in [0.3, 0.4) is 0 Å². The zero-order valence-electron chi connectivity index (χ0n) is 7.45. The van der Waals surface area contributed by atoms with Crippen molar-refractivity contribution >= 4 is 0 Å². The normalized spacial score (nSPS) is 18.7. The van der Waals surface area contributed by atoms with Crippen LogP contribution in [-0.2, 0) is 0 Å². The van der Waals surface area contributed by atoms with E-state index < -0.39 is 5.60 Å². The smallest absolute Gasteiger partial charge is 0.0951 e. The summed E-state index contributed by atoms with van der Waals surface area (Å²) in [6.45, 7) is 3.63. The van der Waals surface area contributed by atoms with E-state index in [1.807, 2.05) is 6.92 Å². The summed E-state index contributed by atoms with van der Waals surface area (Å²) in [5, 5.41) is 9.80. The second kappa shape index (κ2) is 3.29. The highest BCUT2D eigenvalue weighted by Crippen LogP contribution is 2.25. The lowest BCUT2D eigenvalue weighted by atomic mass is 9.90. The summed E-state index contributed by atoms with van der Waals surface area (Å²) >= 11 is 0. The first kappa shape index (κ1) is 9.29. The van der Waals surface area contributed by atoms with Crippen molar-refractivity contribution in [2.45, 2.75) is 31.9 Å². The Kier molecular flexibility index (Phi) is 2.55. The second-order valence-corrected chi connectivity index (χ2v) is 3.25. The topological polar surface area (TPSA) is 59.4 Å². The molecule has 0 aliphatic carbocycles. The van der Waals surface area contributed by atoms with Crippen molar-refractivity contribution in [2.24, 2.45) is 5.73 Å². The van der Waals surface area contributed by atoms with Gasteiger partial charge in [0.15, 0.2) is 0 Å². The summed E-state index contributed by atoms with van der Waals surface area (Å²) in [5.41, 5.74) is 5.80. The van der Waals surface area contributed by atoms with Crippen LogP contribution in [-0.4, -0.2) is 10.7 Å². The van der Waals surface area contributed by atoms with Gasteiger partial charge >= 0.3 is 0 Å². The first-order chi connectivity index (χ1) is 5.58. The molecule has 0 saturated heterocycles. The summed E-state index contributed by atoms with van der Waals surface area (Å²) in [7, 11) is 0. The highest BCUT2D eigenvalue weighted by atomic mass is 16.3. The van der Waals surface area contributed by atoms with Gasteiger partial charge in [-0.2, -0.15) is 0 Å². The van der Waals surface area contributed by atoms with Crippen LogP contribution < -0.4 is 5.73 Å². The molecule has 0 amide bonds. The summed E-state index contributed by atoms with van der Waals surface area (Å²) < 4.78 is 4.88. The maximum atomic E-state index is 9.80. The molecule has 68 valence electrons. The Morgan fingerprint density at radius 2 is 2.42 bits per heavy atom. The molecule has 0 aliphatic rings. The Labute approximate surface area is 72.2 Å². The Balaban J connectivity index is 2.78. The van der Waals surface area contributed by atoms with E-state index in [0.717, 1.165) is 5.56 Å². The third-order valence-electron chi connectivity index (χ3n) is 2.29. The standard InChI is InChI=1S/C9H15NO2/c1-3-9(2,11)8(10)7-4-5-12-6-7/h4-6,8,11H,3,10H2,1-2H3. The summed E-state index contributed by atoms with van der Waals surface area (Å²) in [4.78, 5) is 0. The second-order valence-electron chi connectivity index (χ2n) is 3.25. The molecular weight excluding hydrogens is 154 g/mol. The minimum atomic E-state index is -0.857. The molecule has 1 rings (SSSR count). The quantitative estimate of drug-likeness (QED) is 0.719. The van der Waals surface area contributed by atoms with Gasteiger partial charge in [-0.25, -0.2) is 0 Å². The molecule has 3 N–H and O–H groups in total. The van der Waals surface area contributed by atoms with Gasteiger partial charge in [-0.1, -0.05) is 6.92 Å². The van der Waals surface area contributed by atoms with Crippen LogP contribution in [0.4, 0.5) is 0 Å². The molecule has 1 aromatic heterocycles. The van der Waals surface area contributed by atoms with Crippen molar-refractivity contribution in [1.82, 2.24) is 0 Å². The van der Waals surface area contributed by atoms with E-state index in [0.29, 0.717) is 6.42 Å². The van der Waals surface area contributed by atoms with Crippen molar-refractivity contribution < 1.29 is 9.52 Å². The number of aliphatic hydroxyl groups is 1. The van der Waals surface area contributed by atoms with E-state index in [9.17, 15) is 5.11 Å². The molecule has 2 unspecified atom stereocenters. The van der Waals surface area contributed by atoms with Crippen molar-refractivity contribution in [3.8, 4) is 0 Å². The molecule has 1 aromatic rings. The van der Waals surface area contributed by atoms with Gasteiger partial charge in [-0.05, 0) is 19.4 Å². The lowest BCUT2D eigenvalue weighted by Crippen LogP contribution is -2.37. The average Bonchev–Trinajstić information content (AvgIpc) is 2.55. The van der Waals surface area contributed by atoms with Crippen LogP contribution in [0.2, 0.25) is 0 Å². The monoisotopic (exact) mass is 169 g/mol. The highest BCUT2D eigenvalue weighted by molar-refractivity contribution is 5.14. The van der Waals surface area contributed by atoms with Gasteiger partial charge in [0.1, 0.15) is 0 Å². The fourth-order valence-electron chi connectivity index (χ4n) is 1.03.